The Balaban J connectivity index is 2.19. The number of rotatable bonds is 12. The Morgan fingerprint density at radius 3 is 1.35 bits per heavy atom. The van der Waals surface area contributed by atoms with E-state index < -0.39 is 21.8 Å². The first kappa shape index (κ1) is 27.4. The molecular weight excluding hydrogens is 581 g/mol. The molecule has 4 nitrogen and oxygen atoms in total. The molecule has 13 heteroatoms. The van der Waals surface area contributed by atoms with E-state index in [-0.39, 0.29) is 34.5 Å². The van der Waals surface area contributed by atoms with Gasteiger partial charge in [0.1, 0.15) is 21.3 Å². The Kier molecular flexibility index (Phi) is 10.6. The maximum absolute atomic E-state index is 13.4. The van der Waals surface area contributed by atoms with E-state index in [0.717, 1.165) is 0 Å². The van der Waals surface area contributed by atoms with Crippen LogP contribution in [0.1, 0.15) is 12.8 Å². The van der Waals surface area contributed by atoms with Gasteiger partial charge in [0.05, 0.1) is 13.2 Å². The Morgan fingerprint density at radius 2 is 1.00 bits per heavy atom. The van der Waals surface area contributed by atoms with Crippen molar-refractivity contribution in [1.82, 2.24) is 0 Å². The van der Waals surface area contributed by atoms with Crippen LogP contribution in [-0.2, 0) is 9.84 Å². The first-order valence-electron chi connectivity index (χ1n) is 9.22. The van der Waals surface area contributed by atoms with E-state index in [1.807, 2.05) is 0 Å². The van der Waals surface area contributed by atoms with Gasteiger partial charge in [-0.15, -0.1) is 66.5 Å². The molecule has 2 rings (SSSR count). The van der Waals surface area contributed by atoms with Gasteiger partial charge in [-0.05, 0) is 49.2 Å². The lowest BCUT2D eigenvalue weighted by Gasteiger charge is -2.16. The average molecular weight is 601 g/mol. The van der Waals surface area contributed by atoms with E-state index in [1.165, 1.54) is 12.1 Å². The van der Waals surface area contributed by atoms with Crippen molar-refractivity contribution in [3.63, 3.8) is 0 Å². The maximum Gasteiger partial charge on any atom is 0.341 e. The van der Waals surface area contributed by atoms with Crippen LogP contribution in [0.3, 0.4) is 0 Å². The summed E-state index contributed by atoms with van der Waals surface area (Å²) in [6.45, 7) is 0.457. The van der Waals surface area contributed by atoms with E-state index in [0.29, 0.717) is 24.9 Å². The Hall–Kier alpha value is 0.164. The molecule has 0 fully saturated rings. The first-order chi connectivity index (χ1) is 14.4. The molecule has 0 heterocycles. The molecule has 0 aliphatic rings. The van der Waals surface area contributed by atoms with Gasteiger partial charge in [-0.3, -0.25) is 0 Å². The van der Waals surface area contributed by atoms with Crippen LogP contribution >= 0.6 is 66.5 Å². The van der Waals surface area contributed by atoms with Crippen LogP contribution < -0.4 is 9.47 Å². The number of sulfone groups is 1. The monoisotopic (exact) mass is 598 g/mol. The lowest BCUT2D eigenvalue weighted by atomic mass is 10.3. The number of halogens is 6. The topological polar surface area (TPSA) is 52.6 Å². The molecule has 0 N–H and O–H groups in total. The second-order valence-electron chi connectivity index (χ2n) is 6.53. The fourth-order valence-corrected chi connectivity index (χ4v) is 7.64. The van der Waals surface area contributed by atoms with Gasteiger partial charge < -0.3 is 9.47 Å². The molecule has 31 heavy (non-hydrogen) atoms. The third kappa shape index (κ3) is 9.51. The molecule has 0 amide bonds. The summed E-state index contributed by atoms with van der Waals surface area (Å²) < 4.78 is 38.2. The zero-order valence-electron chi connectivity index (χ0n) is 16.2. The zero-order valence-corrected chi connectivity index (χ0v) is 23.5. The van der Waals surface area contributed by atoms with Crippen LogP contribution in [0.5, 0.6) is 11.5 Å². The van der Waals surface area contributed by atoms with E-state index >= 15 is 0 Å². The molecule has 0 saturated heterocycles. The van der Waals surface area contributed by atoms with Gasteiger partial charge in [0, 0.05) is 0 Å². The average Bonchev–Trinajstić information content (AvgIpc) is 2.68. The van der Waals surface area contributed by atoms with Crippen molar-refractivity contribution >= 4 is 88.3 Å². The van der Waals surface area contributed by atoms with Crippen molar-refractivity contribution < 1.29 is 17.9 Å². The number of hydrogen-bond donors (Lipinski definition) is 0. The highest BCUT2D eigenvalue weighted by Gasteiger charge is 2.27. The summed E-state index contributed by atoms with van der Waals surface area (Å²) in [5.41, 5.74) is 0. The predicted octanol–water partition coefficient (Wildman–Crippen LogP) is 7.37. The second-order valence-corrected chi connectivity index (χ2v) is 27.0. The molecule has 0 bridgehead atoms. The standard InChI is InChI=1S/C18H20Cl6O4SSi2/c19-30(20,21)13-5-11-27-15-7-1-3-9-17(15)29(25,26)18-10-4-2-8-16(18)28-12-6-14-31(22,23)24/h1-4,7-10H,5-6,11-14H2. The molecule has 0 radical (unpaired) electrons. The Bertz CT molecular complexity index is 893. The minimum absolute atomic E-state index is 0.0332. The zero-order chi connectivity index (χ0) is 23.1. The van der Waals surface area contributed by atoms with Gasteiger partial charge in [0.2, 0.25) is 9.84 Å². The van der Waals surface area contributed by atoms with Gasteiger partial charge in [-0.1, -0.05) is 24.3 Å². The largest absolute Gasteiger partial charge is 0.492 e. The minimum Gasteiger partial charge on any atom is -0.492 e. The summed E-state index contributed by atoms with van der Waals surface area (Å²) in [6.07, 6.45) is 1.01. The molecule has 0 aliphatic heterocycles. The highest BCUT2D eigenvalue weighted by Crippen LogP contribution is 2.35. The van der Waals surface area contributed by atoms with Crippen molar-refractivity contribution in [3.8, 4) is 11.5 Å². The van der Waals surface area contributed by atoms with Crippen molar-refractivity contribution in [2.45, 2.75) is 34.7 Å². The number of para-hydroxylation sites is 2. The normalized spacial score (nSPS) is 12.6. The number of ether oxygens (including phenoxy) is 2. The SMILES string of the molecule is O=S(=O)(c1ccccc1OCCC[Si](Cl)(Cl)Cl)c1ccccc1OCCC[Si](Cl)(Cl)Cl. The van der Waals surface area contributed by atoms with Crippen LogP contribution in [0.4, 0.5) is 0 Å². The molecule has 0 aromatic heterocycles. The molecule has 0 unspecified atom stereocenters. The molecule has 172 valence electrons. The fourth-order valence-electron chi connectivity index (χ4n) is 2.61. The molecule has 0 atom stereocenters. The second kappa shape index (κ2) is 12.0. The highest BCUT2D eigenvalue weighted by atomic mass is 35.8. The van der Waals surface area contributed by atoms with Crippen molar-refractivity contribution in [3.05, 3.63) is 48.5 Å². The molecule has 0 saturated carbocycles. The summed E-state index contributed by atoms with van der Waals surface area (Å²) in [5, 5.41) is 0. The summed E-state index contributed by atoms with van der Waals surface area (Å²) in [7, 11) is -3.92. The van der Waals surface area contributed by atoms with Crippen molar-refractivity contribution in [1.29, 1.82) is 0 Å². The minimum atomic E-state index is -3.92. The quantitative estimate of drug-likeness (QED) is 0.145. The highest BCUT2D eigenvalue weighted by molar-refractivity contribution is 7.91. The first-order valence-corrected chi connectivity index (χ1v) is 21.2. The third-order valence-corrected chi connectivity index (χ3v) is 11.1. The van der Waals surface area contributed by atoms with Crippen molar-refractivity contribution in [2.75, 3.05) is 13.2 Å². The van der Waals surface area contributed by atoms with Crippen LogP contribution in [0.15, 0.2) is 58.3 Å². The smallest absolute Gasteiger partial charge is 0.341 e. The summed E-state index contributed by atoms with van der Waals surface area (Å²) >= 11 is 35.3. The van der Waals surface area contributed by atoms with E-state index in [1.54, 1.807) is 36.4 Å². The summed E-state index contributed by atoms with van der Waals surface area (Å²) in [5.74, 6) is 0.455. The van der Waals surface area contributed by atoms with Gasteiger partial charge in [-0.2, -0.15) is 0 Å². The van der Waals surface area contributed by atoms with Crippen LogP contribution in [0.2, 0.25) is 12.1 Å². The van der Waals surface area contributed by atoms with E-state index in [9.17, 15) is 8.42 Å². The molecular formula is C18H20Cl6O4SSi2. The third-order valence-electron chi connectivity index (χ3n) is 4.00. The number of hydrogen-bond acceptors (Lipinski definition) is 4. The fraction of sp³-hybridized carbons (Fsp3) is 0.333. The van der Waals surface area contributed by atoms with E-state index in [2.05, 4.69) is 0 Å². The summed E-state index contributed by atoms with van der Waals surface area (Å²) in [6, 6.07) is 8.13. The Labute approximate surface area is 212 Å². The molecule has 2 aromatic rings. The lowest BCUT2D eigenvalue weighted by molar-refractivity contribution is 0.306. The summed E-state index contributed by atoms with van der Waals surface area (Å²) in [4.78, 5) is 0.0664. The van der Waals surface area contributed by atoms with Crippen molar-refractivity contribution in [2.24, 2.45) is 0 Å². The van der Waals surface area contributed by atoms with Gasteiger partial charge in [0.25, 0.3) is 0 Å². The number of benzene rings is 2. The molecule has 0 aliphatic carbocycles. The van der Waals surface area contributed by atoms with Gasteiger partial charge in [-0.25, -0.2) is 8.42 Å². The molecule has 0 spiro atoms. The Morgan fingerprint density at radius 1 is 0.645 bits per heavy atom. The lowest BCUT2D eigenvalue weighted by Crippen LogP contribution is -2.13. The van der Waals surface area contributed by atoms with Crippen LogP contribution in [0.25, 0.3) is 0 Å². The van der Waals surface area contributed by atoms with Gasteiger partial charge >= 0.3 is 12.0 Å². The van der Waals surface area contributed by atoms with Gasteiger partial charge in [0.15, 0.2) is 0 Å². The molecule has 2 aromatic carbocycles. The van der Waals surface area contributed by atoms with Crippen LogP contribution in [-0.4, -0.2) is 33.6 Å². The van der Waals surface area contributed by atoms with E-state index in [4.69, 9.17) is 75.9 Å². The maximum atomic E-state index is 13.4. The van der Waals surface area contributed by atoms with Crippen LogP contribution in [0, 0.1) is 0 Å². The predicted molar refractivity (Wildman–Crippen MR) is 135 cm³/mol.